The van der Waals surface area contributed by atoms with Gasteiger partial charge in [-0.2, -0.15) is 0 Å². The number of hydrogen-bond acceptors (Lipinski definition) is 4. The maximum absolute atomic E-state index is 13.3. The molecule has 1 amide bonds. The number of carbonyl (C=O) groups excluding carboxylic acids is 3. The normalized spacial score (nSPS) is 13.4. The van der Waals surface area contributed by atoms with Gasteiger partial charge >= 0.3 is 5.97 Å². The molecule has 164 valence electrons. The predicted molar refractivity (Wildman–Crippen MR) is 120 cm³/mol. The van der Waals surface area contributed by atoms with Crippen LogP contribution in [0.25, 0.3) is 6.08 Å². The molecule has 6 heteroatoms. The van der Waals surface area contributed by atoms with Gasteiger partial charge in [0.2, 0.25) is 5.91 Å². The van der Waals surface area contributed by atoms with E-state index >= 15 is 0 Å². The van der Waals surface area contributed by atoms with Crippen LogP contribution < -0.4 is 0 Å². The van der Waals surface area contributed by atoms with Crippen LogP contribution >= 0.6 is 0 Å². The molecular weight excluding hydrogens is 392 g/mol. The smallest absolute Gasteiger partial charge is 0.355 e. The molecule has 0 saturated heterocycles. The second kappa shape index (κ2) is 9.77. The highest BCUT2D eigenvalue weighted by molar-refractivity contribution is 6.05. The standard InChI is InChI=1S/C25H30N2O4/c1-5-26-18(4)23(17(3)24(26)25(30)31-6-2)21(28)16-27(20-13-14-20)22(29)15-12-19-10-8-7-9-11-19/h7-12,15,20H,5-6,13-14,16H2,1-4H3/b15-12+. The SMILES string of the molecule is CCOC(=O)c1c(C)c(C(=O)CN(C(=O)/C=C/c2ccccc2)C2CC2)c(C)n1CC. The number of ketones is 1. The van der Waals surface area contributed by atoms with E-state index in [0.29, 0.717) is 23.4 Å². The molecule has 6 nitrogen and oxygen atoms in total. The van der Waals surface area contributed by atoms with Gasteiger partial charge in [0.1, 0.15) is 5.69 Å². The Kier molecular flexibility index (Phi) is 7.10. The molecule has 1 aliphatic carbocycles. The van der Waals surface area contributed by atoms with Gasteiger partial charge < -0.3 is 14.2 Å². The van der Waals surface area contributed by atoms with E-state index < -0.39 is 5.97 Å². The van der Waals surface area contributed by atoms with E-state index in [1.54, 1.807) is 24.8 Å². The van der Waals surface area contributed by atoms with Crippen molar-refractivity contribution in [3.05, 3.63) is 64.5 Å². The first kappa shape index (κ1) is 22.5. The van der Waals surface area contributed by atoms with E-state index in [9.17, 15) is 14.4 Å². The van der Waals surface area contributed by atoms with Crippen molar-refractivity contribution in [1.29, 1.82) is 0 Å². The molecule has 1 aliphatic rings. The second-order valence-corrected chi connectivity index (χ2v) is 7.76. The fourth-order valence-corrected chi connectivity index (χ4v) is 4.00. The van der Waals surface area contributed by atoms with E-state index in [1.165, 1.54) is 6.08 Å². The van der Waals surface area contributed by atoms with Crippen LogP contribution in [-0.4, -0.2) is 46.3 Å². The second-order valence-electron chi connectivity index (χ2n) is 7.76. The molecular formula is C25H30N2O4. The predicted octanol–water partition coefficient (Wildman–Crippen LogP) is 4.19. The van der Waals surface area contributed by atoms with Gasteiger partial charge in [-0.05, 0) is 57.7 Å². The van der Waals surface area contributed by atoms with Crippen molar-refractivity contribution in [1.82, 2.24) is 9.47 Å². The van der Waals surface area contributed by atoms with Crippen LogP contribution in [0.1, 0.15) is 64.4 Å². The lowest BCUT2D eigenvalue weighted by Gasteiger charge is -2.20. The van der Waals surface area contributed by atoms with Crippen LogP contribution in [0.15, 0.2) is 36.4 Å². The summed E-state index contributed by atoms with van der Waals surface area (Å²) < 4.78 is 7.01. The Morgan fingerprint density at radius 3 is 2.39 bits per heavy atom. The third-order valence-electron chi connectivity index (χ3n) is 5.63. The maximum Gasteiger partial charge on any atom is 0.355 e. The fraction of sp³-hybridized carbons (Fsp3) is 0.400. The average Bonchev–Trinajstić information content (AvgIpc) is 3.56. The van der Waals surface area contributed by atoms with Gasteiger partial charge in [-0.15, -0.1) is 0 Å². The molecule has 1 saturated carbocycles. The number of esters is 1. The number of rotatable bonds is 9. The lowest BCUT2D eigenvalue weighted by atomic mass is 10.0. The monoisotopic (exact) mass is 422 g/mol. The molecule has 1 aromatic carbocycles. The number of amides is 1. The largest absolute Gasteiger partial charge is 0.461 e. The molecule has 1 aromatic heterocycles. The van der Waals surface area contributed by atoms with Gasteiger partial charge in [0, 0.05) is 29.9 Å². The Morgan fingerprint density at radius 2 is 1.81 bits per heavy atom. The molecule has 1 fully saturated rings. The quantitative estimate of drug-likeness (QED) is 0.345. The number of ether oxygens (including phenoxy) is 1. The van der Waals surface area contributed by atoms with E-state index in [2.05, 4.69) is 0 Å². The minimum absolute atomic E-state index is 0.000300. The molecule has 0 radical (unpaired) electrons. The third-order valence-corrected chi connectivity index (χ3v) is 5.63. The Morgan fingerprint density at radius 1 is 1.13 bits per heavy atom. The van der Waals surface area contributed by atoms with E-state index in [4.69, 9.17) is 4.74 Å². The first-order valence-corrected chi connectivity index (χ1v) is 10.8. The van der Waals surface area contributed by atoms with Crippen molar-refractivity contribution >= 4 is 23.7 Å². The molecule has 0 N–H and O–H groups in total. The van der Waals surface area contributed by atoms with E-state index in [1.807, 2.05) is 48.7 Å². The van der Waals surface area contributed by atoms with Gasteiger partial charge in [0.05, 0.1) is 13.2 Å². The maximum atomic E-state index is 13.3. The third kappa shape index (κ3) is 4.95. The summed E-state index contributed by atoms with van der Waals surface area (Å²) in [5, 5.41) is 0. The van der Waals surface area contributed by atoms with Crippen LogP contribution in [-0.2, 0) is 16.1 Å². The Balaban J connectivity index is 1.84. The Bertz CT molecular complexity index is 1000. The number of Topliss-reactive ketones (excluding diaryl/α,β-unsaturated/α-hetero) is 1. The van der Waals surface area contributed by atoms with E-state index in [-0.39, 0.29) is 30.9 Å². The highest BCUT2D eigenvalue weighted by atomic mass is 16.5. The zero-order valence-corrected chi connectivity index (χ0v) is 18.7. The lowest BCUT2D eigenvalue weighted by Crippen LogP contribution is -2.36. The van der Waals surface area contributed by atoms with E-state index in [0.717, 1.165) is 24.1 Å². The van der Waals surface area contributed by atoms with Gasteiger partial charge in [-0.25, -0.2) is 4.79 Å². The summed E-state index contributed by atoms with van der Waals surface area (Å²) in [6.45, 7) is 8.13. The molecule has 0 bridgehead atoms. The van der Waals surface area contributed by atoms with Crippen molar-refractivity contribution in [3.63, 3.8) is 0 Å². The number of benzene rings is 1. The summed E-state index contributed by atoms with van der Waals surface area (Å²) in [7, 11) is 0. The van der Waals surface area contributed by atoms with Gasteiger partial charge in [-0.1, -0.05) is 30.3 Å². The van der Waals surface area contributed by atoms with Crippen molar-refractivity contribution in [2.24, 2.45) is 0 Å². The summed E-state index contributed by atoms with van der Waals surface area (Å²) in [5.41, 5.74) is 3.21. The Hall–Kier alpha value is -3.15. The summed E-state index contributed by atoms with van der Waals surface area (Å²) in [6.07, 6.45) is 5.10. The number of hydrogen-bond donors (Lipinski definition) is 0. The number of carbonyl (C=O) groups is 3. The zero-order chi connectivity index (χ0) is 22.5. The zero-order valence-electron chi connectivity index (χ0n) is 18.7. The van der Waals surface area contributed by atoms with Crippen LogP contribution in [0.4, 0.5) is 0 Å². The van der Waals surface area contributed by atoms with Crippen molar-refractivity contribution in [3.8, 4) is 0 Å². The molecule has 0 spiro atoms. The van der Waals surface area contributed by atoms with Gasteiger partial charge in [0.15, 0.2) is 5.78 Å². The average molecular weight is 423 g/mol. The van der Waals surface area contributed by atoms with Crippen LogP contribution in [0.5, 0.6) is 0 Å². The molecule has 1 heterocycles. The minimum atomic E-state index is -0.426. The Labute approximate surface area is 183 Å². The van der Waals surface area contributed by atoms with Crippen molar-refractivity contribution < 1.29 is 19.1 Å². The summed E-state index contributed by atoms with van der Waals surface area (Å²) >= 11 is 0. The topological polar surface area (TPSA) is 68.6 Å². The molecule has 0 unspecified atom stereocenters. The number of aromatic nitrogens is 1. The van der Waals surface area contributed by atoms with Crippen LogP contribution in [0.2, 0.25) is 0 Å². The first-order chi connectivity index (χ1) is 14.9. The summed E-state index contributed by atoms with van der Waals surface area (Å²) in [6, 6.07) is 9.69. The lowest BCUT2D eigenvalue weighted by molar-refractivity contribution is -0.126. The van der Waals surface area contributed by atoms with Gasteiger partial charge in [-0.3, -0.25) is 9.59 Å². The fourth-order valence-electron chi connectivity index (χ4n) is 4.00. The van der Waals surface area contributed by atoms with Crippen molar-refractivity contribution in [2.75, 3.05) is 13.2 Å². The molecule has 31 heavy (non-hydrogen) atoms. The molecule has 0 atom stereocenters. The molecule has 0 aliphatic heterocycles. The number of nitrogens with zero attached hydrogens (tertiary/aromatic N) is 2. The van der Waals surface area contributed by atoms with Gasteiger partial charge in [0.25, 0.3) is 0 Å². The first-order valence-electron chi connectivity index (χ1n) is 10.8. The minimum Gasteiger partial charge on any atom is -0.461 e. The molecule has 2 aromatic rings. The summed E-state index contributed by atoms with van der Waals surface area (Å²) in [5.74, 6) is -0.749. The highest BCUT2D eigenvalue weighted by Crippen LogP contribution is 2.29. The van der Waals surface area contributed by atoms with Crippen LogP contribution in [0, 0.1) is 13.8 Å². The van der Waals surface area contributed by atoms with Crippen LogP contribution in [0.3, 0.4) is 0 Å². The summed E-state index contributed by atoms with van der Waals surface area (Å²) in [4.78, 5) is 40.3. The molecule has 3 rings (SSSR count). The van der Waals surface area contributed by atoms with Crippen molar-refractivity contribution in [2.45, 2.75) is 53.1 Å². The highest BCUT2D eigenvalue weighted by Gasteiger charge is 2.35.